The van der Waals surface area contributed by atoms with Gasteiger partial charge in [0.05, 0.1) is 0 Å². The van der Waals surface area contributed by atoms with Crippen molar-refractivity contribution in [3.05, 3.63) is 54.1 Å². The van der Waals surface area contributed by atoms with Gasteiger partial charge < -0.3 is 10.5 Å². The van der Waals surface area contributed by atoms with Gasteiger partial charge in [-0.2, -0.15) is 0 Å². The van der Waals surface area contributed by atoms with Gasteiger partial charge in [-0.05, 0) is 30.2 Å². The number of hydrogen-bond acceptors (Lipinski definition) is 4. The van der Waals surface area contributed by atoms with Crippen LogP contribution < -0.4 is 10.5 Å². The number of benzene rings is 1. The first-order valence-corrected chi connectivity index (χ1v) is 6.04. The van der Waals surface area contributed by atoms with Crippen LogP contribution in [0.3, 0.4) is 0 Å². The van der Waals surface area contributed by atoms with E-state index < -0.39 is 0 Å². The first-order chi connectivity index (χ1) is 8.79. The first kappa shape index (κ1) is 12.5. The molecule has 1 heterocycles. The predicted molar refractivity (Wildman–Crippen MR) is 70.0 cm³/mol. The van der Waals surface area contributed by atoms with Crippen molar-refractivity contribution < 1.29 is 4.74 Å². The molecule has 0 bridgehead atoms. The van der Waals surface area contributed by atoms with Gasteiger partial charge in [-0.3, -0.25) is 0 Å². The van der Waals surface area contributed by atoms with Gasteiger partial charge in [0.25, 0.3) is 0 Å². The average molecular weight is 243 g/mol. The summed E-state index contributed by atoms with van der Waals surface area (Å²) in [5.41, 5.74) is 7.07. The molecule has 1 unspecified atom stereocenters. The monoisotopic (exact) mass is 243 g/mol. The molecule has 0 fully saturated rings. The molecule has 94 valence electrons. The van der Waals surface area contributed by atoms with E-state index in [4.69, 9.17) is 10.5 Å². The zero-order chi connectivity index (χ0) is 12.8. The minimum atomic E-state index is 0.0940. The molecule has 1 aromatic carbocycles. The van der Waals surface area contributed by atoms with Gasteiger partial charge in [-0.1, -0.05) is 19.1 Å². The van der Waals surface area contributed by atoms with Gasteiger partial charge in [0, 0.05) is 18.4 Å². The molecular formula is C14H17N3O. The van der Waals surface area contributed by atoms with Crippen molar-refractivity contribution in [3.8, 4) is 5.75 Å². The molecule has 1 aromatic heterocycles. The molecule has 0 aliphatic rings. The van der Waals surface area contributed by atoms with E-state index in [1.807, 2.05) is 24.3 Å². The number of nitrogens with two attached hydrogens (primary N) is 1. The molecular weight excluding hydrogens is 226 g/mol. The molecule has 1 atom stereocenters. The van der Waals surface area contributed by atoms with Crippen LogP contribution in [-0.2, 0) is 6.61 Å². The first-order valence-electron chi connectivity index (χ1n) is 6.04. The maximum atomic E-state index is 5.95. The third-order valence-corrected chi connectivity index (χ3v) is 2.74. The van der Waals surface area contributed by atoms with E-state index in [0.29, 0.717) is 12.4 Å². The van der Waals surface area contributed by atoms with Crippen molar-refractivity contribution in [1.82, 2.24) is 9.97 Å². The van der Waals surface area contributed by atoms with E-state index in [-0.39, 0.29) is 6.04 Å². The van der Waals surface area contributed by atoms with Gasteiger partial charge in [0.2, 0.25) is 0 Å². The van der Waals surface area contributed by atoms with Crippen LogP contribution in [0, 0.1) is 0 Å². The minimum absolute atomic E-state index is 0.0940. The Morgan fingerprint density at radius 1 is 1.17 bits per heavy atom. The summed E-state index contributed by atoms with van der Waals surface area (Å²) in [4.78, 5) is 8.19. The Morgan fingerprint density at radius 3 is 2.44 bits per heavy atom. The van der Waals surface area contributed by atoms with E-state index in [0.717, 1.165) is 17.7 Å². The van der Waals surface area contributed by atoms with Gasteiger partial charge in [0.1, 0.15) is 12.4 Å². The van der Waals surface area contributed by atoms with E-state index >= 15 is 0 Å². The molecule has 4 heteroatoms. The highest BCUT2D eigenvalue weighted by atomic mass is 16.5. The lowest BCUT2D eigenvalue weighted by Gasteiger charge is -2.10. The summed E-state index contributed by atoms with van der Waals surface area (Å²) in [6, 6.07) is 9.72. The second-order valence-corrected chi connectivity index (χ2v) is 4.04. The molecule has 2 rings (SSSR count). The van der Waals surface area contributed by atoms with E-state index in [2.05, 4.69) is 16.9 Å². The SMILES string of the molecule is CCC(N)c1ccc(OCc2ncccn2)cc1. The Kier molecular flexibility index (Phi) is 4.25. The molecule has 18 heavy (non-hydrogen) atoms. The molecule has 2 N–H and O–H groups in total. The summed E-state index contributed by atoms with van der Waals surface area (Å²) in [5.74, 6) is 1.47. The largest absolute Gasteiger partial charge is 0.486 e. The van der Waals surface area contributed by atoms with Crippen LogP contribution in [0.4, 0.5) is 0 Å². The lowest BCUT2D eigenvalue weighted by Crippen LogP contribution is -2.08. The Bertz CT molecular complexity index is 470. The highest BCUT2D eigenvalue weighted by molar-refractivity contribution is 5.29. The molecule has 0 aliphatic heterocycles. The van der Waals surface area contributed by atoms with E-state index in [1.54, 1.807) is 18.5 Å². The maximum Gasteiger partial charge on any atom is 0.166 e. The van der Waals surface area contributed by atoms with Crippen LogP contribution in [0.2, 0.25) is 0 Å². The molecule has 0 saturated carbocycles. The van der Waals surface area contributed by atoms with Gasteiger partial charge in [0.15, 0.2) is 5.82 Å². The number of nitrogens with zero attached hydrogens (tertiary/aromatic N) is 2. The smallest absolute Gasteiger partial charge is 0.166 e. The molecule has 0 amide bonds. The number of ether oxygens (including phenoxy) is 1. The zero-order valence-corrected chi connectivity index (χ0v) is 10.4. The van der Waals surface area contributed by atoms with Crippen molar-refractivity contribution >= 4 is 0 Å². The summed E-state index contributed by atoms with van der Waals surface area (Å²) >= 11 is 0. The van der Waals surface area contributed by atoms with Crippen LogP contribution in [0.5, 0.6) is 5.75 Å². The lowest BCUT2D eigenvalue weighted by molar-refractivity contribution is 0.295. The summed E-state index contributed by atoms with van der Waals surface area (Å²) < 4.78 is 5.59. The summed E-state index contributed by atoms with van der Waals surface area (Å²) in [5, 5.41) is 0. The Labute approximate surface area is 107 Å². The van der Waals surface area contributed by atoms with Gasteiger partial charge in [-0.25, -0.2) is 9.97 Å². The van der Waals surface area contributed by atoms with E-state index in [1.165, 1.54) is 0 Å². The van der Waals surface area contributed by atoms with Crippen molar-refractivity contribution in [2.24, 2.45) is 5.73 Å². The van der Waals surface area contributed by atoms with Crippen LogP contribution >= 0.6 is 0 Å². The molecule has 4 nitrogen and oxygen atoms in total. The maximum absolute atomic E-state index is 5.95. The van der Waals surface area contributed by atoms with Crippen LogP contribution in [0.1, 0.15) is 30.8 Å². The van der Waals surface area contributed by atoms with E-state index in [9.17, 15) is 0 Å². The van der Waals surface area contributed by atoms with Crippen LogP contribution in [0.15, 0.2) is 42.7 Å². The minimum Gasteiger partial charge on any atom is -0.486 e. The van der Waals surface area contributed by atoms with Crippen molar-refractivity contribution in [1.29, 1.82) is 0 Å². The van der Waals surface area contributed by atoms with Crippen LogP contribution in [-0.4, -0.2) is 9.97 Å². The predicted octanol–water partition coefficient (Wildman–Crippen LogP) is 2.47. The molecule has 0 saturated heterocycles. The Hall–Kier alpha value is -1.94. The van der Waals surface area contributed by atoms with Gasteiger partial charge >= 0.3 is 0 Å². The second-order valence-electron chi connectivity index (χ2n) is 4.04. The Morgan fingerprint density at radius 2 is 1.83 bits per heavy atom. The van der Waals surface area contributed by atoms with Crippen molar-refractivity contribution in [2.45, 2.75) is 26.0 Å². The average Bonchev–Trinajstić information content (AvgIpc) is 2.46. The quantitative estimate of drug-likeness (QED) is 0.876. The molecule has 0 radical (unpaired) electrons. The normalized spacial score (nSPS) is 12.1. The standard InChI is InChI=1S/C14H17N3O/c1-2-13(15)11-4-6-12(7-5-11)18-10-14-16-8-3-9-17-14/h3-9,13H,2,10,15H2,1H3. The fraction of sp³-hybridized carbons (Fsp3) is 0.286. The number of hydrogen-bond donors (Lipinski definition) is 1. The summed E-state index contributed by atoms with van der Waals surface area (Å²) in [6.07, 6.45) is 4.34. The van der Waals surface area contributed by atoms with Crippen LogP contribution in [0.25, 0.3) is 0 Å². The third kappa shape index (κ3) is 3.28. The summed E-state index contributed by atoms with van der Waals surface area (Å²) in [7, 11) is 0. The fourth-order valence-corrected chi connectivity index (χ4v) is 1.60. The Balaban J connectivity index is 1.94. The topological polar surface area (TPSA) is 61.0 Å². The molecule has 2 aromatic rings. The fourth-order valence-electron chi connectivity index (χ4n) is 1.60. The number of rotatable bonds is 5. The number of aromatic nitrogens is 2. The zero-order valence-electron chi connectivity index (χ0n) is 10.4. The molecule has 0 spiro atoms. The van der Waals surface area contributed by atoms with Crippen molar-refractivity contribution in [2.75, 3.05) is 0 Å². The lowest BCUT2D eigenvalue weighted by atomic mass is 10.1. The summed E-state index contributed by atoms with van der Waals surface area (Å²) in [6.45, 7) is 2.45. The van der Waals surface area contributed by atoms with Gasteiger partial charge in [-0.15, -0.1) is 0 Å². The molecule has 0 aliphatic carbocycles. The highest BCUT2D eigenvalue weighted by Gasteiger charge is 2.03. The third-order valence-electron chi connectivity index (χ3n) is 2.74. The second kappa shape index (κ2) is 6.12. The highest BCUT2D eigenvalue weighted by Crippen LogP contribution is 2.18. The van der Waals surface area contributed by atoms with Crippen molar-refractivity contribution in [3.63, 3.8) is 0 Å².